The molecule has 0 saturated heterocycles. The smallest absolute Gasteiger partial charge is 0.295 e. The molecule has 0 aliphatic rings. The summed E-state index contributed by atoms with van der Waals surface area (Å²) in [5.74, 6) is -0.122. The Balaban J connectivity index is 2.22. The molecule has 0 unspecified atom stereocenters. The number of rotatable bonds is 3. The van der Waals surface area contributed by atoms with Gasteiger partial charge < -0.3 is 5.32 Å². The monoisotopic (exact) mass is 281 g/mol. The van der Waals surface area contributed by atoms with Crippen molar-refractivity contribution in [1.82, 2.24) is 15.2 Å². The first-order valence-corrected chi connectivity index (χ1v) is 5.49. The van der Waals surface area contributed by atoms with Crippen LogP contribution in [0.15, 0.2) is 18.2 Å². The first kappa shape index (κ1) is 13.0. The van der Waals surface area contributed by atoms with Crippen LogP contribution in [0.4, 0.5) is 11.4 Å². The van der Waals surface area contributed by atoms with E-state index in [1.165, 1.54) is 18.2 Å². The number of anilines is 1. The average molecular weight is 282 g/mol. The zero-order valence-electron chi connectivity index (χ0n) is 9.68. The molecule has 8 nitrogen and oxygen atoms in total. The summed E-state index contributed by atoms with van der Waals surface area (Å²) in [4.78, 5) is 25.7. The van der Waals surface area contributed by atoms with E-state index in [0.717, 1.165) is 0 Å². The SMILES string of the molecule is Cc1nc(C(=O)Nc2ccc(Cl)c([N+](=O)[O-])c2)n[nH]1. The number of halogens is 1. The lowest BCUT2D eigenvalue weighted by Gasteiger charge is -2.03. The van der Waals surface area contributed by atoms with Gasteiger partial charge in [0.1, 0.15) is 10.8 Å². The predicted octanol–water partition coefficient (Wildman–Crippen LogP) is 1.93. The van der Waals surface area contributed by atoms with Gasteiger partial charge in [0, 0.05) is 11.8 Å². The van der Waals surface area contributed by atoms with E-state index in [1.807, 2.05) is 0 Å². The summed E-state index contributed by atoms with van der Waals surface area (Å²) in [5.41, 5.74) is -0.0470. The van der Waals surface area contributed by atoms with E-state index in [2.05, 4.69) is 20.5 Å². The van der Waals surface area contributed by atoms with Crippen LogP contribution in [0, 0.1) is 17.0 Å². The summed E-state index contributed by atoms with van der Waals surface area (Å²) < 4.78 is 0. The van der Waals surface area contributed by atoms with E-state index in [4.69, 9.17) is 11.6 Å². The minimum Gasteiger partial charge on any atom is -0.319 e. The number of aromatic amines is 1. The highest BCUT2D eigenvalue weighted by molar-refractivity contribution is 6.32. The van der Waals surface area contributed by atoms with Crippen LogP contribution in [0.5, 0.6) is 0 Å². The van der Waals surface area contributed by atoms with Crippen molar-refractivity contribution in [1.29, 1.82) is 0 Å². The van der Waals surface area contributed by atoms with Gasteiger partial charge in [-0.3, -0.25) is 20.0 Å². The maximum absolute atomic E-state index is 11.7. The fourth-order valence-corrected chi connectivity index (χ4v) is 1.55. The summed E-state index contributed by atoms with van der Waals surface area (Å²) in [6.45, 7) is 1.65. The molecule has 0 aliphatic carbocycles. The zero-order chi connectivity index (χ0) is 14.0. The molecule has 0 aliphatic heterocycles. The van der Waals surface area contributed by atoms with Crippen molar-refractivity contribution in [2.45, 2.75) is 6.92 Å². The molecular weight excluding hydrogens is 274 g/mol. The Morgan fingerprint density at radius 1 is 1.53 bits per heavy atom. The summed E-state index contributed by atoms with van der Waals surface area (Å²) >= 11 is 5.66. The average Bonchev–Trinajstić information content (AvgIpc) is 2.78. The van der Waals surface area contributed by atoms with Gasteiger partial charge in [-0.1, -0.05) is 11.6 Å². The number of H-pyrrole nitrogens is 1. The number of aromatic nitrogens is 3. The lowest BCUT2D eigenvalue weighted by Crippen LogP contribution is -2.13. The molecule has 0 radical (unpaired) electrons. The number of nitro benzene ring substituents is 1. The van der Waals surface area contributed by atoms with Crippen LogP contribution in [0.25, 0.3) is 0 Å². The summed E-state index contributed by atoms with van der Waals surface area (Å²) in [6, 6.07) is 3.95. The molecule has 1 aromatic carbocycles. The van der Waals surface area contributed by atoms with Crippen LogP contribution in [-0.2, 0) is 0 Å². The second-order valence-electron chi connectivity index (χ2n) is 3.62. The minimum absolute atomic E-state index is 0.00302. The van der Waals surface area contributed by atoms with Gasteiger partial charge in [0.05, 0.1) is 4.92 Å². The predicted molar refractivity (Wildman–Crippen MR) is 67.2 cm³/mol. The Labute approximate surface area is 112 Å². The number of nitro groups is 1. The largest absolute Gasteiger partial charge is 0.319 e. The number of carbonyl (C=O) groups is 1. The molecule has 1 heterocycles. The molecule has 0 bridgehead atoms. The molecule has 19 heavy (non-hydrogen) atoms. The number of nitrogens with one attached hydrogen (secondary N) is 2. The Bertz CT molecular complexity index is 654. The molecule has 98 valence electrons. The van der Waals surface area contributed by atoms with Crippen LogP contribution in [0.3, 0.4) is 0 Å². The van der Waals surface area contributed by atoms with Crippen molar-refractivity contribution in [2.24, 2.45) is 0 Å². The van der Waals surface area contributed by atoms with Crippen LogP contribution < -0.4 is 5.32 Å². The third-order valence-electron chi connectivity index (χ3n) is 2.20. The van der Waals surface area contributed by atoms with Gasteiger partial charge in [0.25, 0.3) is 11.6 Å². The molecule has 0 atom stereocenters. The minimum atomic E-state index is -0.630. The highest BCUT2D eigenvalue weighted by Gasteiger charge is 2.16. The van der Waals surface area contributed by atoms with Crippen LogP contribution >= 0.6 is 11.6 Å². The third kappa shape index (κ3) is 2.86. The summed E-state index contributed by atoms with van der Waals surface area (Å²) in [7, 11) is 0. The topological polar surface area (TPSA) is 114 Å². The lowest BCUT2D eigenvalue weighted by molar-refractivity contribution is -0.384. The van der Waals surface area contributed by atoms with Gasteiger partial charge in [-0.25, -0.2) is 4.98 Å². The highest BCUT2D eigenvalue weighted by Crippen LogP contribution is 2.27. The van der Waals surface area contributed by atoms with Crippen LogP contribution in [-0.4, -0.2) is 26.0 Å². The van der Waals surface area contributed by atoms with E-state index >= 15 is 0 Å². The fraction of sp³-hybridized carbons (Fsp3) is 0.100. The zero-order valence-corrected chi connectivity index (χ0v) is 10.4. The number of hydrogen-bond donors (Lipinski definition) is 2. The molecular formula is C10H8ClN5O3. The number of amides is 1. The standard InChI is InChI=1S/C10H8ClN5O3/c1-5-12-9(15-14-5)10(17)13-6-2-3-7(11)8(4-6)16(18)19/h2-4H,1H3,(H,13,17)(H,12,14,15). The van der Waals surface area contributed by atoms with Crippen LogP contribution in [0.2, 0.25) is 5.02 Å². The molecule has 1 aromatic heterocycles. The molecule has 2 aromatic rings. The fourth-order valence-electron chi connectivity index (χ4n) is 1.36. The molecule has 9 heteroatoms. The van der Waals surface area contributed by atoms with Crippen molar-refractivity contribution in [3.63, 3.8) is 0 Å². The summed E-state index contributed by atoms with van der Waals surface area (Å²) in [5, 5.41) is 19.4. The maximum Gasteiger partial charge on any atom is 0.295 e. The number of carbonyl (C=O) groups excluding carboxylic acids is 1. The normalized spacial score (nSPS) is 10.2. The van der Waals surface area contributed by atoms with Crippen molar-refractivity contribution >= 4 is 28.9 Å². The Morgan fingerprint density at radius 3 is 2.84 bits per heavy atom. The maximum atomic E-state index is 11.7. The van der Waals surface area contributed by atoms with Crippen molar-refractivity contribution < 1.29 is 9.72 Å². The van der Waals surface area contributed by atoms with Crippen LogP contribution in [0.1, 0.15) is 16.4 Å². The quantitative estimate of drug-likeness (QED) is 0.659. The molecule has 1 amide bonds. The first-order valence-electron chi connectivity index (χ1n) is 5.11. The third-order valence-corrected chi connectivity index (χ3v) is 2.52. The van der Waals surface area contributed by atoms with E-state index < -0.39 is 10.8 Å². The number of aryl methyl sites for hydroxylation is 1. The van der Waals surface area contributed by atoms with Gasteiger partial charge in [-0.2, -0.15) is 0 Å². The van der Waals surface area contributed by atoms with Crippen molar-refractivity contribution in [2.75, 3.05) is 5.32 Å². The molecule has 0 spiro atoms. The second-order valence-corrected chi connectivity index (χ2v) is 4.03. The molecule has 0 saturated carbocycles. The molecule has 2 N–H and O–H groups in total. The number of nitrogens with zero attached hydrogens (tertiary/aromatic N) is 3. The number of benzene rings is 1. The van der Waals surface area contributed by atoms with E-state index in [9.17, 15) is 14.9 Å². The summed E-state index contributed by atoms with van der Waals surface area (Å²) in [6.07, 6.45) is 0. The second kappa shape index (κ2) is 5.02. The Morgan fingerprint density at radius 2 is 2.26 bits per heavy atom. The molecule has 0 fully saturated rings. The van der Waals surface area contributed by atoms with Gasteiger partial charge >= 0.3 is 0 Å². The van der Waals surface area contributed by atoms with E-state index in [1.54, 1.807) is 6.92 Å². The Hall–Kier alpha value is -2.48. The van der Waals surface area contributed by atoms with Gasteiger partial charge in [-0.15, -0.1) is 5.10 Å². The lowest BCUT2D eigenvalue weighted by atomic mass is 10.3. The van der Waals surface area contributed by atoms with Gasteiger partial charge in [-0.05, 0) is 19.1 Å². The number of hydrogen-bond acceptors (Lipinski definition) is 5. The van der Waals surface area contributed by atoms with E-state index in [-0.39, 0.29) is 22.2 Å². The first-order chi connectivity index (χ1) is 8.97. The Kier molecular flexibility index (Phi) is 3.43. The van der Waals surface area contributed by atoms with Crippen molar-refractivity contribution in [3.05, 3.63) is 45.0 Å². The molecule has 2 rings (SSSR count). The van der Waals surface area contributed by atoms with Gasteiger partial charge in [0.15, 0.2) is 0 Å². The highest BCUT2D eigenvalue weighted by atomic mass is 35.5. The van der Waals surface area contributed by atoms with Crippen molar-refractivity contribution in [3.8, 4) is 0 Å². The van der Waals surface area contributed by atoms with Gasteiger partial charge in [0.2, 0.25) is 5.82 Å². The van der Waals surface area contributed by atoms with E-state index in [0.29, 0.717) is 5.82 Å².